The normalized spacial score (nSPS) is 14.0. The number of benzene rings is 2. The summed E-state index contributed by atoms with van der Waals surface area (Å²) in [6.45, 7) is 12.0. The van der Waals surface area contributed by atoms with Crippen molar-refractivity contribution in [2.24, 2.45) is 0 Å². The van der Waals surface area contributed by atoms with Crippen LogP contribution in [0.4, 0.5) is 0 Å². The van der Waals surface area contributed by atoms with Gasteiger partial charge in [-0.3, -0.25) is 0 Å². The molecule has 0 unspecified atom stereocenters. The minimum Gasteiger partial charge on any atom is -0.385 e. The summed E-state index contributed by atoms with van der Waals surface area (Å²) in [5.74, 6) is 0. The maximum absolute atomic E-state index is 10.8. The Kier molecular flexibility index (Phi) is 4.74. The predicted molar refractivity (Wildman–Crippen MR) is 91.2 cm³/mol. The molecule has 0 spiro atoms. The lowest BCUT2D eigenvalue weighted by Crippen LogP contribution is -2.15. The van der Waals surface area contributed by atoms with Crippen LogP contribution in [0.3, 0.4) is 0 Å². The van der Waals surface area contributed by atoms with E-state index in [0.717, 1.165) is 33.4 Å². The van der Waals surface area contributed by atoms with Crippen molar-refractivity contribution < 1.29 is 10.2 Å². The van der Waals surface area contributed by atoms with Crippen molar-refractivity contribution in [2.75, 3.05) is 0 Å². The van der Waals surface area contributed by atoms with E-state index in [-0.39, 0.29) is 0 Å². The topological polar surface area (TPSA) is 40.5 Å². The van der Waals surface area contributed by atoms with Crippen molar-refractivity contribution in [2.45, 2.75) is 53.8 Å². The molecule has 2 nitrogen and oxygen atoms in total. The van der Waals surface area contributed by atoms with Gasteiger partial charge in [-0.1, -0.05) is 35.4 Å². The Labute approximate surface area is 133 Å². The Hall–Kier alpha value is -1.64. The Morgan fingerprint density at radius 3 is 1.00 bits per heavy atom. The van der Waals surface area contributed by atoms with Gasteiger partial charge in [-0.25, -0.2) is 0 Å². The maximum Gasteiger partial charge on any atom is 0.110 e. The van der Waals surface area contributed by atoms with Crippen molar-refractivity contribution in [1.82, 2.24) is 0 Å². The van der Waals surface area contributed by atoms with Gasteiger partial charge in [-0.15, -0.1) is 0 Å². The zero-order valence-corrected chi connectivity index (χ0v) is 14.4. The van der Waals surface area contributed by atoms with Crippen LogP contribution >= 0.6 is 0 Å². The number of hydrogen-bond donors (Lipinski definition) is 2. The van der Waals surface area contributed by atoms with Crippen molar-refractivity contribution in [1.29, 1.82) is 0 Å². The van der Waals surface area contributed by atoms with E-state index in [0.29, 0.717) is 0 Å². The lowest BCUT2D eigenvalue weighted by molar-refractivity contribution is 0.0157. The molecule has 0 radical (unpaired) electrons. The molecule has 2 rings (SSSR count). The summed E-state index contributed by atoms with van der Waals surface area (Å²) in [7, 11) is 0. The highest BCUT2D eigenvalue weighted by molar-refractivity contribution is 5.44. The molecule has 0 aliphatic rings. The second-order valence-electron chi connectivity index (χ2n) is 6.51. The molecule has 0 aliphatic carbocycles. The molecular formula is C20H26O2. The van der Waals surface area contributed by atoms with Crippen LogP contribution in [0, 0.1) is 41.5 Å². The fraction of sp³-hybridized carbons (Fsp3) is 0.400. The van der Waals surface area contributed by atoms with E-state index in [9.17, 15) is 10.2 Å². The number of hydrogen-bond acceptors (Lipinski definition) is 2. The molecular weight excluding hydrogens is 272 g/mol. The van der Waals surface area contributed by atoms with Crippen molar-refractivity contribution in [3.63, 3.8) is 0 Å². The summed E-state index contributed by atoms with van der Waals surface area (Å²) in [5.41, 5.74) is 8.08. The lowest BCUT2D eigenvalue weighted by Gasteiger charge is -2.25. The highest BCUT2D eigenvalue weighted by Gasteiger charge is 2.26. The van der Waals surface area contributed by atoms with E-state index in [2.05, 4.69) is 0 Å². The standard InChI is InChI=1S/C20H26O2/c1-11-7-13(3)17(14(4)8-11)19(21)20(22)18-15(5)9-12(2)10-16(18)6/h7-10,19-22H,1-6H3/t19-,20-/m1/s1. The van der Waals surface area contributed by atoms with Crippen LogP contribution in [-0.4, -0.2) is 10.2 Å². The second-order valence-corrected chi connectivity index (χ2v) is 6.51. The van der Waals surface area contributed by atoms with Crippen molar-refractivity contribution in [3.05, 3.63) is 68.8 Å². The van der Waals surface area contributed by atoms with Crippen LogP contribution in [-0.2, 0) is 0 Å². The summed E-state index contributed by atoms with van der Waals surface area (Å²) in [4.78, 5) is 0. The molecule has 22 heavy (non-hydrogen) atoms. The van der Waals surface area contributed by atoms with Gasteiger partial charge in [0.05, 0.1) is 0 Å². The van der Waals surface area contributed by atoms with Crippen LogP contribution in [0.15, 0.2) is 24.3 Å². The number of aliphatic hydroxyl groups is 2. The first kappa shape index (κ1) is 16.7. The summed E-state index contributed by atoms with van der Waals surface area (Å²) in [5, 5.41) is 21.5. The van der Waals surface area contributed by atoms with Crippen molar-refractivity contribution in [3.8, 4) is 0 Å². The molecule has 0 bridgehead atoms. The Morgan fingerprint density at radius 2 is 0.773 bits per heavy atom. The minimum absolute atomic E-state index is 0.831. The van der Waals surface area contributed by atoms with E-state index < -0.39 is 12.2 Å². The predicted octanol–water partition coefficient (Wildman–Crippen LogP) is 4.30. The molecule has 2 atom stereocenters. The fourth-order valence-corrected chi connectivity index (χ4v) is 3.63. The number of aliphatic hydroxyl groups excluding tert-OH is 2. The van der Waals surface area contributed by atoms with E-state index >= 15 is 0 Å². The van der Waals surface area contributed by atoms with Gasteiger partial charge in [0.15, 0.2) is 0 Å². The molecule has 0 heterocycles. The zero-order valence-electron chi connectivity index (χ0n) is 14.4. The molecule has 0 fully saturated rings. The molecule has 118 valence electrons. The van der Waals surface area contributed by atoms with Crippen LogP contribution < -0.4 is 0 Å². The molecule has 0 aliphatic heterocycles. The summed E-state index contributed by atoms with van der Waals surface area (Å²) in [6, 6.07) is 8.19. The molecule has 0 saturated carbocycles. The average Bonchev–Trinajstić information content (AvgIpc) is 2.35. The van der Waals surface area contributed by atoms with E-state index in [1.807, 2.05) is 65.8 Å². The molecule has 2 aromatic rings. The lowest BCUT2D eigenvalue weighted by atomic mass is 9.87. The monoisotopic (exact) mass is 298 g/mol. The quantitative estimate of drug-likeness (QED) is 0.886. The Balaban J connectivity index is 2.49. The molecule has 2 heteroatoms. The highest BCUT2D eigenvalue weighted by atomic mass is 16.3. The first-order valence-electron chi connectivity index (χ1n) is 7.74. The van der Waals surface area contributed by atoms with Crippen LogP contribution in [0.2, 0.25) is 0 Å². The van der Waals surface area contributed by atoms with E-state index in [1.165, 1.54) is 11.1 Å². The van der Waals surface area contributed by atoms with E-state index in [1.54, 1.807) is 0 Å². The number of aryl methyl sites for hydroxylation is 6. The summed E-state index contributed by atoms with van der Waals surface area (Å²) in [6.07, 6.45) is -1.83. The third kappa shape index (κ3) is 3.08. The Bertz CT molecular complexity index is 593. The van der Waals surface area contributed by atoms with Gasteiger partial charge in [0, 0.05) is 0 Å². The Morgan fingerprint density at radius 1 is 0.545 bits per heavy atom. The first-order chi connectivity index (χ1) is 10.2. The van der Waals surface area contributed by atoms with E-state index in [4.69, 9.17) is 0 Å². The molecule has 0 amide bonds. The van der Waals surface area contributed by atoms with Crippen LogP contribution in [0.5, 0.6) is 0 Å². The molecule has 2 aromatic carbocycles. The van der Waals surface area contributed by atoms with Gasteiger partial charge in [0.2, 0.25) is 0 Å². The number of rotatable bonds is 3. The minimum atomic E-state index is -0.916. The van der Waals surface area contributed by atoms with Crippen LogP contribution in [0.1, 0.15) is 56.7 Å². The summed E-state index contributed by atoms with van der Waals surface area (Å²) < 4.78 is 0. The summed E-state index contributed by atoms with van der Waals surface area (Å²) >= 11 is 0. The SMILES string of the molecule is Cc1cc(C)c([C@@H](O)[C@H](O)c2c(C)cc(C)cc2C)c(C)c1. The van der Waals surface area contributed by atoms with Gasteiger partial charge in [0.1, 0.15) is 12.2 Å². The molecule has 0 aromatic heterocycles. The molecule has 2 N–H and O–H groups in total. The largest absolute Gasteiger partial charge is 0.385 e. The average molecular weight is 298 g/mol. The zero-order chi connectivity index (χ0) is 16.6. The van der Waals surface area contributed by atoms with Crippen LogP contribution in [0.25, 0.3) is 0 Å². The highest BCUT2D eigenvalue weighted by Crippen LogP contribution is 2.36. The van der Waals surface area contributed by atoms with Gasteiger partial charge in [0.25, 0.3) is 0 Å². The smallest absolute Gasteiger partial charge is 0.110 e. The third-order valence-corrected chi connectivity index (χ3v) is 4.37. The maximum atomic E-state index is 10.8. The third-order valence-electron chi connectivity index (χ3n) is 4.37. The first-order valence-corrected chi connectivity index (χ1v) is 7.74. The van der Waals surface area contributed by atoms with Gasteiger partial charge in [-0.05, 0) is 74.9 Å². The van der Waals surface area contributed by atoms with Gasteiger partial charge in [-0.2, -0.15) is 0 Å². The van der Waals surface area contributed by atoms with Crippen molar-refractivity contribution >= 4 is 0 Å². The second kappa shape index (κ2) is 6.23. The molecule has 0 saturated heterocycles. The van der Waals surface area contributed by atoms with Gasteiger partial charge >= 0.3 is 0 Å². The van der Waals surface area contributed by atoms with Gasteiger partial charge < -0.3 is 10.2 Å². The fourth-order valence-electron chi connectivity index (χ4n) is 3.63.